The SMILES string of the molecule is CCCCS(=O)(=O)NCC(C)C(=N)N. The van der Waals surface area contributed by atoms with Crippen molar-refractivity contribution in [3.05, 3.63) is 0 Å². The molecule has 0 aliphatic rings. The van der Waals surface area contributed by atoms with Crippen LogP contribution in [0, 0.1) is 11.3 Å². The Hall–Kier alpha value is -0.620. The van der Waals surface area contributed by atoms with Gasteiger partial charge >= 0.3 is 0 Å². The van der Waals surface area contributed by atoms with Crippen LogP contribution >= 0.6 is 0 Å². The van der Waals surface area contributed by atoms with Gasteiger partial charge in [-0.1, -0.05) is 20.3 Å². The third kappa shape index (κ3) is 5.93. The molecule has 0 spiro atoms. The van der Waals surface area contributed by atoms with Gasteiger partial charge in [0.15, 0.2) is 0 Å². The Morgan fingerprint density at radius 3 is 2.57 bits per heavy atom. The van der Waals surface area contributed by atoms with Crippen LogP contribution in [0.3, 0.4) is 0 Å². The quantitative estimate of drug-likeness (QED) is 0.425. The summed E-state index contributed by atoms with van der Waals surface area (Å²) in [5.74, 6) is -0.0942. The van der Waals surface area contributed by atoms with E-state index in [-0.39, 0.29) is 24.1 Å². The predicted molar refractivity (Wildman–Crippen MR) is 57.8 cm³/mol. The van der Waals surface area contributed by atoms with Crippen molar-refractivity contribution < 1.29 is 8.42 Å². The minimum atomic E-state index is -3.17. The maximum Gasteiger partial charge on any atom is 0.211 e. The summed E-state index contributed by atoms with van der Waals surface area (Å²) in [5, 5.41) is 7.09. The van der Waals surface area contributed by atoms with Gasteiger partial charge in [0.1, 0.15) is 0 Å². The molecular weight excluding hydrogens is 202 g/mol. The number of nitrogens with two attached hydrogens (primary N) is 1. The molecule has 0 amide bonds. The smallest absolute Gasteiger partial charge is 0.211 e. The molecule has 1 unspecified atom stereocenters. The van der Waals surface area contributed by atoms with Gasteiger partial charge in [-0.2, -0.15) is 0 Å². The third-order valence-electron chi connectivity index (χ3n) is 1.91. The van der Waals surface area contributed by atoms with Crippen molar-refractivity contribution in [1.82, 2.24) is 4.72 Å². The summed E-state index contributed by atoms with van der Waals surface area (Å²) in [6, 6.07) is 0. The molecular formula is C8H19N3O2S. The minimum Gasteiger partial charge on any atom is -0.387 e. The van der Waals surface area contributed by atoms with E-state index >= 15 is 0 Å². The van der Waals surface area contributed by atoms with Crippen LogP contribution in [0.15, 0.2) is 0 Å². The Morgan fingerprint density at radius 2 is 2.14 bits per heavy atom. The molecule has 0 aromatic heterocycles. The van der Waals surface area contributed by atoms with E-state index in [4.69, 9.17) is 11.1 Å². The van der Waals surface area contributed by atoms with Gasteiger partial charge in [0, 0.05) is 12.5 Å². The lowest BCUT2D eigenvalue weighted by Crippen LogP contribution is -2.35. The van der Waals surface area contributed by atoms with Crippen LogP contribution in [0.1, 0.15) is 26.7 Å². The number of sulfonamides is 1. The van der Waals surface area contributed by atoms with E-state index in [9.17, 15) is 8.42 Å². The molecule has 5 nitrogen and oxygen atoms in total. The average molecular weight is 221 g/mol. The summed E-state index contributed by atoms with van der Waals surface area (Å²) >= 11 is 0. The van der Waals surface area contributed by atoms with Crippen molar-refractivity contribution in [3.63, 3.8) is 0 Å². The van der Waals surface area contributed by atoms with Crippen LogP contribution in [-0.2, 0) is 10.0 Å². The molecule has 0 radical (unpaired) electrons. The number of rotatable bonds is 7. The first kappa shape index (κ1) is 13.4. The Bertz CT molecular complexity index is 274. The first-order valence-corrected chi connectivity index (χ1v) is 6.35. The summed E-state index contributed by atoms with van der Waals surface area (Å²) < 4.78 is 25.0. The van der Waals surface area contributed by atoms with Crippen molar-refractivity contribution in [2.75, 3.05) is 12.3 Å². The summed E-state index contributed by atoms with van der Waals surface area (Å²) in [6.45, 7) is 3.86. The molecule has 14 heavy (non-hydrogen) atoms. The zero-order valence-corrected chi connectivity index (χ0v) is 9.52. The van der Waals surface area contributed by atoms with Gasteiger partial charge < -0.3 is 5.73 Å². The second-order valence-electron chi connectivity index (χ2n) is 3.38. The molecule has 0 saturated heterocycles. The van der Waals surface area contributed by atoms with Crippen LogP contribution in [-0.4, -0.2) is 26.6 Å². The highest BCUT2D eigenvalue weighted by atomic mass is 32.2. The maximum atomic E-state index is 11.3. The lowest BCUT2D eigenvalue weighted by atomic mass is 10.2. The molecule has 0 bridgehead atoms. The topological polar surface area (TPSA) is 96.0 Å². The molecule has 6 heteroatoms. The van der Waals surface area contributed by atoms with Gasteiger partial charge in [-0.3, -0.25) is 5.41 Å². The standard InChI is InChI=1S/C8H19N3O2S/c1-3-4-5-14(12,13)11-6-7(2)8(9)10/h7,11H,3-6H2,1-2H3,(H3,9,10). The van der Waals surface area contributed by atoms with Crippen LogP contribution in [0.5, 0.6) is 0 Å². The fourth-order valence-corrected chi connectivity index (χ4v) is 2.09. The summed E-state index contributed by atoms with van der Waals surface area (Å²) in [4.78, 5) is 0. The zero-order valence-electron chi connectivity index (χ0n) is 8.71. The molecule has 0 heterocycles. The van der Waals surface area contributed by atoms with E-state index in [1.54, 1.807) is 6.92 Å². The van der Waals surface area contributed by atoms with Crippen LogP contribution < -0.4 is 10.5 Å². The van der Waals surface area contributed by atoms with Crippen LogP contribution in [0.4, 0.5) is 0 Å². The highest BCUT2D eigenvalue weighted by Gasteiger charge is 2.12. The van der Waals surface area contributed by atoms with E-state index in [0.29, 0.717) is 6.42 Å². The normalized spacial score (nSPS) is 13.9. The number of amidine groups is 1. The molecule has 0 saturated carbocycles. The van der Waals surface area contributed by atoms with Gasteiger partial charge in [-0.25, -0.2) is 13.1 Å². The first-order valence-electron chi connectivity index (χ1n) is 4.70. The fraction of sp³-hybridized carbons (Fsp3) is 0.875. The van der Waals surface area contributed by atoms with Crippen LogP contribution in [0.2, 0.25) is 0 Å². The van der Waals surface area contributed by atoms with Crippen molar-refractivity contribution in [2.24, 2.45) is 11.7 Å². The van der Waals surface area contributed by atoms with Crippen molar-refractivity contribution in [2.45, 2.75) is 26.7 Å². The van der Waals surface area contributed by atoms with Gasteiger partial charge in [-0.05, 0) is 6.42 Å². The van der Waals surface area contributed by atoms with Gasteiger partial charge in [-0.15, -0.1) is 0 Å². The second-order valence-corrected chi connectivity index (χ2v) is 5.30. The highest BCUT2D eigenvalue weighted by molar-refractivity contribution is 7.89. The Labute approximate surface area is 85.6 Å². The van der Waals surface area contributed by atoms with E-state index in [1.165, 1.54) is 0 Å². The first-order chi connectivity index (χ1) is 6.39. The zero-order chi connectivity index (χ0) is 11.2. The van der Waals surface area contributed by atoms with Crippen molar-refractivity contribution in [1.29, 1.82) is 5.41 Å². The van der Waals surface area contributed by atoms with E-state index in [1.807, 2.05) is 6.92 Å². The maximum absolute atomic E-state index is 11.3. The molecule has 0 fully saturated rings. The van der Waals surface area contributed by atoms with E-state index in [0.717, 1.165) is 6.42 Å². The van der Waals surface area contributed by atoms with Gasteiger partial charge in [0.05, 0.1) is 11.6 Å². The van der Waals surface area contributed by atoms with Gasteiger partial charge in [0.2, 0.25) is 10.0 Å². The molecule has 1 atom stereocenters. The molecule has 0 aromatic carbocycles. The summed E-state index contributed by atoms with van der Waals surface area (Å²) in [7, 11) is -3.17. The molecule has 4 N–H and O–H groups in total. The summed E-state index contributed by atoms with van der Waals surface area (Å²) in [5.41, 5.74) is 5.21. The number of hydrogen-bond donors (Lipinski definition) is 3. The Balaban J connectivity index is 3.93. The van der Waals surface area contributed by atoms with Crippen molar-refractivity contribution >= 4 is 15.9 Å². The Morgan fingerprint density at radius 1 is 1.57 bits per heavy atom. The Kier molecular flexibility index (Phi) is 5.71. The molecule has 0 rings (SSSR count). The van der Waals surface area contributed by atoms with Crippen LogP contribution in [0.25, 0.3) is 0 Å². The average Bonchev–Trinajstić information content (AvgIpc) is 2.11. The number of nitrogens with one attached hydrogen (secondary N) is 2. The molecule has 84 valence electrons. The van der Waals surface area contributed by atoms with Gasteiger partial charge in [0.25, 0.3) is 0 Å². The fourth-order valence-electron chi connectivity index (χ4n) is 0.768. The lowest BCUT2D eigenvalue weighted by molar-refractivity contribution is 0.571. The van der Waals surface area contributed by atoms with E-state index in [2.05, 4.69) is 4.72 Å². The minimum absolute atomic E-state index is 0.00296. The highest BCUT2D eigenvalue weighted by Crippen LogP contribution is 1.96. The summed E-state index contributed by atoms with van der Waals surface area (Å²) in [6.07, 6.45) is 1.51. The predicted octanol–water partition coefficient (Wildman–Crippen LogP) is 0.278. The second kappa shape index (κ2) is 5.98. The number of hydrogen-bond acceptors (Lipinski definition) is 3. The molecule has 0 aliphatic heterocycles. The molecule has 0 aliphatic carbocycles. The third-order valence-corrected chi connectivity index (χ3v) is 3.34. The van der Waals surface area contributed by atoms with E-state index < -0.39 is 10.0 Å². The van der Waals surface area contributed by atoms with Crippen molar-refractivity contribution in [3.8, 4) is 0 Å². The molecule has 0 aromatic rings. The monoisotopic (exact) mass is 221 g/mol. The largest absolute Gasteiger partial charge is 0.387 e. The number of unbranched alkanes of at least 4 members (excludes halogenated alkanes) is 1. The lowest BCUT2D eigenvalue weighted by Gasteiger charge is -2.10.